The van der Waals surface area contributed by atoms with Crippen molar-refractivity contribution in [3.05, 3.63) is 119 Å². The molecule has 9 heteroatoms. The number of ketones is 9. The number of carbonyl (C=O) groups is 9. The van der Waals surface area contributed by atoms with E-state index >= 15 is 0 Å². The average Bonchev–Trinajstić information content (AvgIpc) is 3.27. The summed E-state index contributed by atoms with van der Waals surface area (Å²) < 4.78 is 0. The highest BCUT2D eigenvalue weighted by Gasteiger charge is 2.40. The van der Waals surface area contributed by atoms with Crippen LogP contribution in [0.15, 0.2) is 97.1 Å². The number of Topliss-reactive ketones (excluding diaryl/α,β-unsaturated/α-hetero) is 8. The molecule has 4 aromatic rings. The van der Waals surface area contributed by atoms with Crippen LogP contribution in [0.5, 0.6) is 0 Å². The molecule has 0 bridgehead atoms. The maximum atomic E-state index is 14.3. The summed E-state index contributed by atoms with van der Waals surface area (Å²) in [4.78, 5) is 122. The Labute approximate surface area is 410 Å². The second-order valence-electron chi connectivity index (χ2n) is 22.6. The van der Waals surface area contributed by atoms with E-state index in [2.05, 4.69) is 0 Å². The van der Waals surface area contributed by atoms with Crippen LogP contribution < -0.4 is 0 Å². The van der Waals surface area contributed by atoms with Crippen molar-refractivity contribution < 1.29 is 43.2 Å². The number of benzene rings is 4. The summed E-state index contributed by atoms with van der Waals surface area (Å²) in [5, 5.41) is 2.10. The number of hydrogen-bond acceptors (Lipinski definition) is 9. The standard InChI is InChI=1S/C60H74O9/c1-38(40(3)61)28-53(66)59(9,10)36-50(63)47(30-41-22-26-45(27-23-41)56(69)44-19-14-13-15-20-44)34-55(68)58(7,8)35-49(62)39(2)29-54(67)60(11,12)37-51(64)48(33-52(65)57(4,5)6)32-42-24-25-43-18-16-17-21-46(43)31-42/h13-27,31,38-39,47-48H,28-30,32-37H2,1-12H3. The predicted octanol–water partition coefficient (Wildman–Crippen LogP) is 11.8. The van der Waals surface area contributed by atoms with Crippen molar-refractivity contribution >= 4 is 62.8 Å². The Balaban J connectivity index is 1.47. The van der Waals surface area contributed by atoms with Crippen LogP contribution in [0.1, 0.15) is 155 Å². The molecule has 0 heterocycles. The van der Waals surface area contributed by atoms with E-state index in [4.69, 9.17) is 0 Å². The third kappa shape index (κ3) is 15.8. The Kier molecular flexibility index (Phi) is 18.7. The lowest BCUT2D eigenvalue weighted by atomic mass is 9.72. The number of carbonyl (C=O) groups excluding carboxylic acids is 9. The van der Waals surface area contributed by atoms with E-state index in [1.54, 1.807) is 104 Å². The summed E-state index contributed by atoms with van der Waals surface area (Å²) in [6.45, 7) is 20.3. The molecule has 0 spiro atoms. The zero-order valence-corrected chi connectivity index (χ0v) is 43.1. The van der Waals surface area contributed by atoms with Crippen molar-refractivity contribution in [1.82, 2.24) is 0 Å². The molecular weight excluding hydrogens is 865 g/mol. The van der Waals surface area contributed by atoms with Gasteiger partial charge < -0.3 is 0 Å². The van der Waals surface area contributed by atoms with Crippen molar-refractivity contribution in [2.45, 2.75) is 141 Å². The van der Waals surface area contributed by atoms with Gasteiger partial charge in [0.15, 0.2) is 5.78 Å². The molecule has 0 fully saturated rings. The van der Waals surface area contributed by atoms with Crippen LogP contribution in [0.4, 0.5) is 0 Å². The molecule has 0 amide bonds. The van der Waals surface area contributed by atoms with E-state index in [0.29, 0.717) is 23.1 Å². The first kappa shape index (κ1) is 55.8. The van der Waals surface area contributed by atoms with Gasteiger partial charge in [0.1, 0.15) is 46.3 Å². The lowest BCUT2D eigenvalue weighted by molar-refractivity contribution is -0.139. The molecule has 0 aliphatic carbocycles. The molecule has 69 heavy (non-hydrogen) atoms. The minimum absolute atomic E-state index is 0.00944. The lowest BCUT2D eigenvalue weighted by Gasteiger charge is -2.29. The van der Waals surface area contributed by atoms with E-state index in [1.165, 1.54) is 6.92 Å². The van der Waals surface area contributed by atoms with Crippen LogP contribution in [-0.4, -0.2) is 52.0 Å². The van der Waals surface area contributed by atoms with E-state index in [0.717, 1.165) is 16.3 Å². The average molecular weight is 939 g/mol. The molecule has 0 saturated carbocycles. The van der Waals surface area contributed by atoms with E-state index in [-0.39, 0.29) is 103 Å². The smallest absolute Gasteiger partial charge is 0.193 e. The third-order valence-electron chi connectivity index (χ3n) is 14.0. The minimum atomic E-state index is -1.22. The topological polar surface area (TPSA) is 154 Å². The Morgan fingerprint density at radius 1 is 0.420 bits per heavy atom. The largest absolute Gasteiger partial charge is 0.300 e. The van der Waals surface area contributed by atoms with Gasteiger partial charge in [0.25, 0.3) is 0 Å². The second kappa shape index (κ2) is 23.2. The highest BCUT2D eigenvalue weighted by atomic mass is 16.2. The molecular formula is C60H74O9. The second-order valence-corrected chi connectivity index (χ2v) is 22.6. The summed E-state index contributed by atoms with van der Waals surface area (Å²) >= 11 is 0. The molecule has 4 atom stereocenters. The Morgan fingerprint density at radius 2 is 0.826 bits per heavy atom. The fourth-order valence-corrected chi connectivity index (χ4v) is 8.54. The van der Waals surface area contributed by atoms with Gasteiger partial charge >= 0.3 is 0 Å². The fraction of sp³-hybridized carbons (Fsp3) is 0.483. The first-order valence-electron chi connectivity index (χ1n) is 24.4. The van der Waals surface area contributed by atoms with E-state index in [1.807, 2.05) is 69.3 Å². The molecule has 0 aromatic heterocycles. The lowest BCUT2D eigenvalue weighted by Crippen LogP contribution is -2.36. The monoisotopic (exact) mass is 939 g/mol. The maximum Gasteiger partial charge on any atom is 0.193 e. The highest BCUT2D eigenvalue weighted by molar-refractivity contribution is 6.09. The Hall–Kier alpha value is -5.83. The highest BCUT2D eigenvalue weighted by Crippen LogP contribution is 2.35. The molecule has 0 saturated heterocycles. The van der Waals surface area contributed by atoms with Gasteiger partial charge in [-0.1, -0.05) is 173 Å². The first-order valence-corrected chi connectivity index (χ1v) is 24.4. The third-order valence-corrected chi connectivity index (χ3v) is 14.0. The summed E-state index contributed by atoms with van der Waals surface area (Å²) in [6.07, 6.45) is -0.279. The van der Waals surface area contributed by atoms with Gasteiger partial charge in [0, 0.05) is 101 Å². The van der Waals surface area contributed by atoms with Gasteiger partial charge in [-0.05, 0) is 41.7 Å². The van der Waals surface area contributed by atoms with E-state index < -0.39 is 45.3 Å². The van der Waals surface area contributed by atoms with Crippen molar-refractivity contribution in [1.29, 1.82) is 0 Å². The van der Waals surface area contributed by atoms with Crippen LogP contribution in [0.3, 0.4) is 0 Å². The van der Waals surface area contributed by atoms with Crippen molar-refractivity contribution in [3.63, 3.8) is 0 Å². The van der Waals surface area contributed by atoms with Gasteiger partial charge in [-0.3, -0.25) is 43.2 Å². The number of fused-ring (bicyclic) bond motifs is 1. The molecule has 4 rings (SSSR count). The van der Waals surface area contributed by atoms with E-state index in [9.17, 15) is 43.2 Å². The molecule has 0 aliphatic rings. The number of rotatable bonds is 27. The normalized spacial score (nSPS) is 14.0. The van der Waals surface area contributed by atoms with Crippen LogP contribution in [0, 0.1) is 45.3 Å². The zero-order valence-electron chi connectivity index (χ0n) is 43.1. The van der Waals surface area contributed by atoms with Gasteiger partial charge in [-0.2, -0.15) is 0 Å². The number of hydrogen-bond donors (Lipinski definition) is 0. The van der Waals surface area contributed by atoms with Crippen LogP contribution >= 0.6 is 0 Å². The summed E-state index contributed by atoms with van der Waals surface area (Å²) in [7, 11) is 0. The van der Waals surface area contributed by atoms with Crippen LogP contribution in [-0.2, 0) is 51.2 Å². The van der Waals surface area contributed by atoms with Gasteiger partial charge in [-0.15, -0.1) is 0 Å². The first-order chi connectivity index (χ1) is 32.0. The molecule has 0 N–H and O–H groups in total. The zero-order chi connectivity index (χ0) is 51.6. The quantitative estimate of drug-likeness (QED) is 0.0531. The van der Waals surface area contributed by atoms with Gasteiger partial charge in [-0.25, -0.2) is 0 Å². The molecule has 0 radical (unpaired) electrons. The molecule has 0 aliphatic heterocycles. The van der Waals surface area contributed by atoms with Crippen LogP contribution in [0.2, 0.25) is 0 Å². The van der Waals surface area contributed by atoms with Crippen LogP contribution in [0.25, 0.3) is 10.8 Å². The van der Waals surface area contributed by atoms with Gasteiger partial charge in [0.05, 0.1) is 0 Å². The molecule has 4 aromatic carbocycles. The van der Waals surface area contributed by atoms with Crippen molar-refractivity contribution in [2.75, 3.05) is 0 Å². The maximum absolute atomic E-state index is 14.3. The minimum Gasteiger partial charge on any atom is -0.300 e. The van der Waals surface area contributed by atoms with Crippen molar-refractivity contribution in [2.24, 2.45) is 45.3 Å². The Bertz CT molecular complexity index is 2550. The Morgan fingerprint density at radius 3 is 1.33 bits per heavy atom. The van der Waals surface area contributed by atoms with Gasteiger partial charge in [0.2, 0.25) is 0 Å². The fourth-order valence-electron chi connectivity index (χ4n) is 8.54. The van der Waals surface area contributed by atoms with Crippen molar-refractivity contribution in [3.8, 4) is 0 Å². The predicted molar refractivity (Wildman–Crippen MR) is 272 cm³/mol. The summed E-state index contributed by atoms with van der Waals surface area (Å²) in [6, 6.07) is 29.7. The summed E-state index contributed by atoms with van der Waals surface area (Å²) in [5.41, 5.74) is -1.49. The summed E-state index contributed by atoms with van der Waals surface area (Å²) in [5.74, 6) is -4.73. The molecule has 4 unspecified atom stereocenters. The molecule has 368 valence electrons. The SMILES string of the molecule is CC(=O)C(C)CC(=O)C(C)(C)CC(=O)C(CC(=O)C(C)(C)CC(=O)C(C)CC(=O)C(C)(C)CC(=O)C(CC(=O)C(C)(C)C)Cc1ccc2ccccc2c1)Cc1ccc(C(=O)c2ccccc2)cc1. The molecule has 9 nitrogen and oxygen atoms in total.